The van der Waals surface area contributed by atoms with Crippen LogP contribution in [-0.2, 0) is 16.1 Å². The molecule has 144 valence electrons. The molecular formula is C18H18Cl2N2O5. The van der Waals surface area contributed by atoms with Crippen LogP contribution >= 0.6 is 23.2 Å². The second kappa shape index (κ2) is 9.23. The van der Waals surface area contributed by atoms with Crippen molar-refractivity contribution >= 4 is 34.8 Å². The molecule has 1 amide bonds. The van der Waals surface area contributed by atoms with E-state index >= 15 is 0 Å². The SMILES string of the molecule is O=C(COc1coc(CN2CCOCC2)cc1=O)Nc1cccc(Cl)c1Cl. The third-order valence-electron chi connectivity index (χ3n) is 3.92. The lowest BCUT2D eigenvalue weighted by atomic mass is 10.3. The number of anilines is 1. The number of rotatable bonds is 6. The van der Waals surface area contributed by atoms with E-state index in [-0.39, 0.29) is 22.8 Å². The molecule has 0 bridgehead atoms. The average Bonchev–Trinajstić information content (AvgIpc) is 2.66. The highest BCUT2D eigenvalue weighted by Crippen LogP contribution is 2.29. The number of carbonyl (C=O) groups excluding carboxylic acids is 1. The Kier molecular flexibility index (Phi) is 6.73. The van der Waals surface area contributed by atoms with Crippen molar-refractivity contribution in [2.45, 2.75) is 6.54 Å². The zero-order valence-electron chi connectivity index (χ0n) is 14.4. The van der Waals surface area contributed by atoms with Crippen LogP contribution in [0.5, 0.6) is 5.75 Å². The van der Waals surface area contributed by atoms with E-state index in [2.05, 4.69) is 10.2 Å². The fourth-order valence-electron chi connectivity index (χ4n) is 2.54. The molecule has 3 rings (SSSR count). The maximum atomic E-state index is 12.2. The van der Waals surface area contributed by atoms with E-state index in [4.69, 9.17) is 37.1 Å². The van der Waals surface area contributed by atoms with Gasteiger partial charge < -0.3 is 19.2 Å². The Morgan fingerprint density at radius 2 is 2.04 bits per heavy atom. The number of hydrogen-bond donors (Lipinski definition) is 1. The summed E-state index contributed by atoms with van der Waals surface area (Å²) in [5.41, 5.74) is 0.0174. The van der Waals surface area contributed by atoms with E-state index < -0.39 is 5.91 Å². The van der Waals surface area contributed by atoms with Crippen LogP contribution in [0.25, 0.3) is 0 Å². The van der Waals surface area contributed by atoms with Gasteiger partial charge in [-0.2, -0.15) is 0 Å². The van der Waals surface area contributed by atoms with Crippen LogP contribution in [0.2, 0.25) is 10.0 Å². The van der Waals surface area contributed by atoms with Crippen LogP contribution in [0, 0.1) is 0 Å². The summed E-state index contributed by atoms with van der Waals surface area (Å²) in [6.07, 6.45) is 1.22. The molecule has 7 nitrogen and oxygen atoms in total. The maximum absolute atomic E-state index is 12.2. The molecule has 0 aliphatic carbocycles. The average molecular weight is 413 g/mol. The summed E-state index contributed by atoms with van der Waals surface area (Å²) in [6.45, 7) is 3.06. The molecule has 27 heavy (non-hydrogen) atoms. The first kappa shape index (κ1) is 19.7. The van der Waals surface area contributed by atoms with E-state index in [9.17, 15) is 9.59 Å². The van der Waals surface area contributed by atoms with Crippen molar-refractivity contribution in [1.82, 2.24) is 4.90 Å². The Balaban J connectivity index is 1.55. The smallest absolute Gasteiger partial charge is 0.262 e. The topological polar surface area (TPSA) is 81.0 Å². The third kappa shape index (κ3) is 5.46. The van der Waals surface area contributed by atoms with E-state index in [0.717, 1.165) is 13.1 Å². The Hall–Kier alpha value is -2.06. The molecule has 1 saturated heterocycles. The molecule has 1 aromatic carbocycles. The number of nitrogens with zero attached hydrogens (tertiary/aromatic N) is 1. The second-order valence-corrected chi connectivity index (χ2v) is 6.69. The summed E-state index contributed by atoms with van der Waals surface area (Å²) in [5, 5.41) is 3.14. The zero-order valence-corrected chi connectivity index (χ0v) is 15.9. The summed E-state index contributed by atoms with van der Waals surface area (Å²) >= 11 is 11.9. The highest BCUT2D eigenvalue weighted by molar-refractivity contribution is 6.43. The molecular weight excluding hydrogens is 395 g/mol. The van der Waals surface area contributed by atoms with Crippen molar-refractivity contribution in [3.05, 3.63) is 56.6 Å². The lowest BCUT2D eigenvalue weighted by Gasteiger charge is -2.25. The Morgan fingerprint density at radius 1 is 1.26 bits per heavy atom. The first-order chi connectivity index (χ1) is 13.0. The van der Waals surface area contributed by atoms with Gasteiger partial charge in [-0.05, 0) is 12.1 Å². The number of ether oxygens (including phenoxy) is 2. The Bertz CT molecular complexity index is 865. The van der Waals surface area contributed by atoms with Gasteiger partial charge in [0.05, 0.1) is 35.5 Å². The maximum Gasteiger partial charge on any atom is 0.262 e. The second-order valence-electron chi connectivity index (χ2n) is 5.90. The molecule has 1 aliphatic heterocycles. The summed E-state index contributed by atoms with van der Waals surface area (Å²) < 4.78 is 16.0. The van der Waals surface area contributed by atoms with Crippen LogP contribution in [0.1, 0.15) is 5.76 Å². The molecule has 9 heteroatoms. The standard InChI is InChI=1S/C18H18Cl2N2O5/c19-13-2-1-3-14(18(13)20)21-17(24)11-27-16-10-26-12(8-15(16)23)9-22-4-6-25-7-5-22/h1-3,8,10H,4-7,9,11H2,(H,21,24). The number of nitrogens with one attached hydrogen (secondary N) is 1. The summed E-state index contributed by atoms with van der Waals surface area (Å²) in [4.78, 5) is 26.3. The van der Waals surface area contributed by atoms with E-state index in [1.54, 1.807) is 18.2 Å². The number of amides is 1. The minimum atomic E-state index is -0.476. The fraction of sp³-hybridized carbons (Fsp3) is 0.333. The first-order valence-corrected chi connectivity index (χ1v) is 9.07. The highest BCUT2D eigenvalue weighted by atomic mass is 35.5. The van der Waals surface area contributed by atoms with Gasteiger partial charge in [-0.15, -0.1) is 0 Å². The molecule has 1 aliphatic rings. The largest absolute Gasteiger partial charge is 0.477 e. The predicted molar refractivity (Wildman–Crippen MR) is 102 cm³/mol. The first-order valence-electron chi connectivity index (χ1n) is 8.31. The third-order valence-corrected chi connectivity index (χ3v) is 4.74. The Morgan fingerprint density at radius 3 is 2.78 bits per heavy atom. The molecule has 2 aromatic rings. The molecule has 0 radical (unpaired) electrons. The minimum Gasteiger partial charge on any atom is -0.477 e. The van der Waals surface area contributed by atoms with Crippen LogP contribution in [0.3, 0.4) is 0 Å². The van der Waals surface area contributed by atoms with Gasteiger partial charge in [0.1, 0.15) is 12.0 Å². The molecule has 2 heterocycles. The minimum absolute atomic E-state index is 0.0342. The molecule has 1 aromatic heterocycles. The molecule has 0 atom stereocenters. The van der Waals surface area contributed by atoms with Gasteiger partial charge in [0.15, 0.2) is 6.61 Å². The summed E-state index contributed by atoms with van der Waals surface area (Å²) in [6, 6.07) is 6.25. The summed E-state index contributed by atoms with van der Waals surface area (Å²) in [5.74, 6) is 0.0217. The van der Waals surface area contributed by atoms with Crippen molar-refractivity contribution in [3.63, 3.8) is 0 Å². The van der Waals surface area contributed by atoms with Gasteiger partial charge in [0.25, 0.3) is 5.91 Å². The number of hydrogen-bond acceptors (Lipinski definition) is 6. The lowest BCUT2D eigenvalue weighted by molar-refractivity contribution is -0.118. The van der Waals surface area contributed by atoms with Gasteiger partial charge >= 0.3 is 0 Å². The van der Waals surface area contributed by atoms with Crippen molar-refractivity contribution in [1.29, 1.82) is 0 Å². The highest BCUT2D eigenvalue weighted by Gasteiger charge is 2.14. The molecule has 1 N–H and O–H groups in total. The molecule has 0 unspecified atom stereocenters. The van der Waals surface area contributed by atoms with Gasteiger partial charge in [-0.1, -0.05) is 29.3 Å². The number of morpholine rings is 1. The van der Waals surface area contributed by atoms with Crippen molar-refractivity contribution < 1.29 is 18.7 Å². The van der Waals surface area contributed by atoms with Crippen LogP contribution in [0.15, 0.2) is 39.7 Å². The van der Waals surface area contributed by atoms with Gasteiger partial charge in [-0.25, -0.2) is 0 Å². The number of benzene rings is 1. The van der Waals surface area contributed by atoms with Gasteiger partial charge in [0, 0.05) is 19.2 Å². The quantitative estimate of drug-likeness (QED) is 0.785. The summed E-state index contributed by atoms with van der Waals surface area (Å²) in [7, 11) is 0. The van der Waals surface area contributed by atoms with Crippen LogP contribution in [0.4, 0.5) is 5.69 Å². The number of halogens is 2. The fourth-order valence-corrected chi connectivity index (χ4v) is 2.88. The van der Waals surface area contributed by atoms with E-state index in [1.165, 1.54) is 12.3 Å². The predicted octanol–water partition coefficient (Wildman–Crippen LogP) is 2.80. The molecule has 0 spiro atoms. The monoisotopic (exact) mass is 412 g/mol. The van der Waals surface area contributed by atoms with Gasteiger partial charge in [-0.3, -0.25) is 14.5 Å². The van der Waals surface area contributed by atoms with Gasteiger partial charge in [0.2, 0.25) is 11.2 Å². The number of carbonyl (C=O) groups is 1. The van der Waals surface area contributed by atoms with Crippen molar-refractivity contribution in [3.8, 4) is 5.75 Å². The Labute approximate surface area is 165 Å². The lowest BCUT2D eigenvalue weighted by Crippen LogP contribution is -2.35. The van der Waals surface area contributed by atoms with Crippen LogP contribution in [-0.4, -0.2) is 43.7 Å². The van der Waals surface area contributed by atoms with Crippen molar-refractivity contribution in [2.75, 3.05) is 38.2 Å². The molecule has 0 saturated carbocycles. The normalized spacial score (nSPS) is 14.7. The van der Waals surface area contributed by atoms with E-state index in [0.29, 0.717) is 36.2 Å². The van der Waals surface area contributed by atoms with Crippen LogP contribution < -0.4 is 15.5 Å². The van der Waals surface area contributed by atoms with E-state index in [1.807, 2.05) is 0 Å². The zero-order chi connectivity index (χ0) is 19.2. The van der Waals surface area contributed by atoms with Crippen molar-refractivity contribution in [2.24, 2.45) is 0 Å². The molecule has 1 fully saturated rings.